The van der Waals surface area contributed by atoms with E-state index < -0.39 is 17.7 Å². The number of benzene rings is 2. The van der Waals surface area contributed by atoms with E-state index in [1.807, 2.05) is 64.1 Å². The van der Waals surface area contributed by atoms with Crippen molar-refractivity contribution in [2.24, 2.45) is 0 Å². The first kappa shape index (κ1) is 23.4. The van der Waals surface area contributed by atoms with Gasteiger partial charge in [-0.05, 0) is 72.4 Å². The smallest absolute Gasteiger partial charge is 0.300 e. The number of Topliss-reactive ketones (excluding diaryl/α,β-unsaturated/α-hetero) is 1. The molecule has 0 saturated carbocycles. The van der Waals surface area contributed by atoms with E-state index in [-0.39, 0.29) is 17.3 Å². The number of rotatable bonds is 6. The molecular formula is C28H29NO5. The minimum Gasteiger partial charge on any atom is -0.507 e. The lowest BCUT2D eigenvalue weighted by Crippen LogP contribution is -2.29. The van der Waals surface area contributed by atoms with Crippen molar-refractivity contribution in [1.29, 1.82) is 0 Å². The maximum Gasteiger partial charge on any atom is 0.300 e. The standard InChI is InChI=1S/C28H29NO5/c1-6-18-9-11-19(12-10-18)29-25(22-8-7-13-34-22)24(27(31)28(29)32)26(30)21-15-20(16(2)3)23(33-5)14-17(21)4/h7-16,25,30H,6H2,1-5H3/b26-24+. The molecule has 1 N–H and O–H groups in total. The number of carbonyl (C=O) groups excluding carboxylic acids is 2. The van der Waals surface area contributed by atoms with Gasteiger partial charge in [-0.3, -0.25) is 14.5 Å². The second-order valence-electron chi connectivity index (χ2n) is 8.77. The number of furan rings is 1. The molecule has 1 atom stereocenters. The van der Waals surface area contributed by atoms with E-state index in [1.54, 1.807) is 19.2 Å². The molecule has 1 aliphatic heterocycles. The van der Waals surface area contributed by atoms with Gasteiger partial charge in [0.1, 0.15) is 23.3 Å². The van der Waals surface area contributed by atoms with E-state index in [2.05, 4.69) is 0 Å². The SMILES string of the molecule is CCc1ccc(N2C(=O)C(=O)/C(=C(/O)c3cc(C(C)C)c(OC)cc3C)C2c2ccco2)cc1. The van der Waals surface area contributed by atoms with Crippen LogP contribution >= 0.6 is 0 Å². The van der Waals surface area contributed by atoms with Gasteiger partial charge in [0.25, 0.3) is 11.7 Å². The van der Waals surface area contributed by atoms with Gasteiger partial charge in [0.05, 0.1) is 18.9 Å². The Morgan fingerprint density at radius 2 is 1.85 bits per heavy atom. The normalized spacial score (nSPS) is 17.6. The summed E-state index contributed by atoms with van der Waals surface area (Å²) in [5.41, 5.74) is 3.80. The molecule has 6 nitrogen and oxygen atoms in total. The molecule has 1 aromatic heterocycles. The quantitative estimate of drug-likeness (QED) is 0.282. The van der Waals surface area contributed by atoms with Crippen molar-refractivity contribution in [3.05, 3.63) is 88.4 Å². The third kappa shape index (κ3) is 3.89. The second kappa shape index (κ2) is 9.21. The van der Waals surface area contributed by atoms with Crippen LogP contribution < -0.4 is 9.64 Å². The second-order valence-corrected chi connectivity index (χ2v) is 8.77. The fourth-order valence-electron chi connectivity index (χ4n) is 4.43. The van der Waals surface area contributed by atoms with E-state index in [1.165, 1.54) is 11.2 Å². The number of methoxy groups -OCH3 is 1. The lowest BCUT2D eigenvalue weighted by atomic mass is 9.92. The zero-order valence-electron chi connectivity index (χ0n) is 20.1. The van der Waals surface area contributed by atoms with E-state index in [9.17, 15) is 14.7 Å². The van der Waals surface area contributed by atoms with Crippen LogP contribution in [0.4, 0.5) is 5.69 Å². The van der Waals surface area contributed by atoms with Crippen molar-refractivity contribution < 1.29 is 23.8 Å². The first-order valence-corrected chi connectivity index (χ1v) is 11.4. The average Bonchev–Trinajstić information content (AvgIpc) is 3.45. The molecule has 2 aromatic carbocycles. The predicted octanol–water partition coefficient (Wildman–Crippen LogP) is 5.91. The molecule has 176 valence electrons. The van der Waals surface area contributed by atoms with Crippen LogP contribution in [0.1, 0.15) is 60.7 Å². The molecule has 0 radical (unpaired) electrons. The van der Waals surface area contributed by atoms with E-state index in [0.717, 1.165) is 23.1 Å². The largest absolute Gasteiger partial charge is 0.507 e. The maximum absolute atomic E-state index is 13.3. The highest BCUT2D eigenvalue weighted by Crippen LogP contribution is 2.43. The molecule has 1 fully saturated rings. The van der Waals surface area contributed by atoms with Gasteiger partial charge in [-0.25, -0.2) is 0 Å². The molecule has 1 aliphatic rings. The number of ketones is 1. The van der Waals surface area contributed by atoms with Gasteiger partial charge in [0.15, 0.2) is 0 Å². The van der Waals surface area contributed by atoms with Gasteiger partial charge < -0.3 is 14.3 Å². The third-order valence-electron chi connectivity index (χ3n) is 6.33. The van der Waals surface area contributed by atoms with Crippen LogP contribution in [0, 0.1) is 6.92 Å². The lowest BCUT2D eigenvalue weighted by molar-refractivity contribution is -0.132. The number of amides is 1. The number of nitrogens with zero attached hydrogens (tertiary/aromatic N) is 1. The molecule has 0 spiro atoms. The highest BCUT2D eigenvalue weighted by atomic mass is 16.5. The maximum atomic E-state index is 13.3. The summed E-state index contributed by atoms with van der Waals surface area (Å²) in [5, 5.41) is 11.5. The minimum absolute atomic E-state index is 0.00231. The number of ether oxygens (including phenoxy) is 1. The van der Waals surface area contributed by atoms with Gasteiger partial charge in [-0.2, -0.15) is 0 Å². The first-order valence-electron chi connectivity index (χ1n) is 11.4. The first-order chi connectivity index (χ1) is 16.3. The van der Waals surface area contributed by atoms with Crippen LogP contribution in [0.3, 0.4) is 0 Å². The molecule has 4 rings (SSSR count). The van der Waals surface area contributed by atoms with Crippen LogP contribution in [0.2, 0.25) is 0 Å². The summed E-state index contributed by atoms with van der Waals surface area (Å²) in [4.78, 5) is 27.9. The highest BCUT2D eigenvalue weighted by Gasteiger charge is 2.48. The molecule has 34 heavy (non-hydrogen) atoms. The number of hydrogen-bond acceptors (Lipinski definition) is 5. The summed E-state index contributed by atoms with van der Waals surface area (Å²) in [7, 11) is 1.60. The van der Waals surface area contributed by atoms with E-state index in [0.29, 0.717) is 22.8 Å². The van der Waals surface area contributed by atoms with Gasteiger partial charge in [0, 0.05) is 11.3 Å². The molecule has 1 amide bonds. The number of aliphatic hydroxyl groups is 1. The Kier molecular flexibility index (Phi) is 6.33. The van der Waals surface area contributed by atoms with Gasteiger partial charge >= 0.3 is 0 Å². The lowest BCUT2D eigenvalue weighted by Gasteiger charge is -2.24. The van der Waals surface area contributed by atoms with Crippen LogP contribution in [0.15, 0.2) is 64.8 Å². The minimum atomic E-state index is -0.883. The summed E-state index contributed by atoms with van der Waals surface area (Å²) in [6.07, 6.45) is 2.35. The summed E-state index contributed by atoms with van der Waals surface area (Å²) in [5.74, 6) is -0.446. The summed E-state index contributed by atoms with van der Waals surface area (Å²) in [6.45, 7) is 7.94. The molecule has 1 saturated heterocycles. The Morgan fingerprint density at radius 3 is 2.41 bits per heavy atom. The van der Waals surface area contributed by atoms with Gasteiger partial charge in [-0.1, -0.05) is 32.9 Å². The predicted molar refractivity (Wildman–Crippen MR) is 131 cm³/mol. The Labute approximate surface area is 199 Å². The van der Waals surface area contributed by atoms with E-state index >= 15 is 0 Å². The van der Waals surface area contributed by atoms with Crippen molar-refractivity contribution in [1.82, 2.24) is 0 Å². The van der Waals surface area contributed by atoms with Crippen LogP contribution in [0.5, 0.6) is 5.75 Å². The summed E-state index contributed by atoms with van der Waals surface area (Å²) < 4.78 is 11.2. The van der Waals surface area contributed by atoms with Crippen LogP contribution in [-0.2, 0) is 16.0 Å². The number of hydrogen-bond donors (Lipinski definition) is 1. The molecule has 2 heterocycles. The van der Waals surface area contributed by atoms with Crippen LogP contribution in [0.25, 0.3) is 5.76 Å². The fourth-order valence-corrected chi connectivity index (χ4v) is 4.43. The van der Waals surface area contributed by atoms with Gasteiger partial charge in [-0.15, -0.1) is 0 Å². The van der Waals surface area contributed by atoms with Gasteiger partial charge in [0.2, 0.25) is 0 Å². The van der Waals surface area contributed by atoms with Crippen molar-refractivity contribution in [2.45, 2.75) is 46.1 Å². The highest BCUT2D eigenvalue weighted by molar-refractivity contribution is 6.51. The Morgan fingerprint density at radius 1 is 1.15 bits per heavy atom. The number of aryl methyl sites for hydroxylation is 2. The Bertz CT molecular complexity index is 1250. The zero-order valence-corrected chi connectivity index (χ0v) is 20.1. The average molecular weight is 460 g/mol. The van der Waals surface area contributed by atoms with Crippen LogP contribution in [-0.4, -0.2) is 23.9 Å². The zero-order chi connectivity index (χ0) is 24.6. The number of aliphatic hydroxyl groups excluding tert-OH is 1. The molecule has 1 unspecified atom stereocenters. The fraction of sp³-hybridized carbons (Fsp3) is 0.286. The third-order valence-corrected chi connectivity index (χ3v) is 6.33. The van der Waals surface area contributed by atoms with Crippen molar-refractivity contribution in [3.8, 4) is 5.75 Å². The van der Waals surface area contributed by atoms with E-state index in [4.69, 9.17) is 9.15 Å². The molecule has 3 aromatic rings. The Balaban J connectivity index is 1.93. The summed E-state index contributed by atoms with van der Waals surface area (Å²) in [6, 6.07) is 13.7. The number of carbonyl (C=O) groups is 2. The molecule has 0 bridgehead atoms. The monoisotopic (exact) mass is 459 g/mol. The number of anilines is 1. The topological polar surface area (TPSA) is 80.0 Å². The van der Waals surface area contributed by atoms with Crippen molar-refractivity contribution in [3.63, 3.8) is 0 Å². The molecular weight excluding hydrogens is 430 g/mol. The van der Waals surface area contributed by atoms with Crippen molar-refractivity contribution >= 4 is 23.1 Å². The molecule has 0 aliphatic carbocycles. The van der Waals surface area contributed by atoms with Crippen molar-refractivity contribution in [2.75, 3.05) is 12.0 Å². The Hall–Kier alpha value is -3.80. The summed E-state index contributed by atoms with van der Waals surface area (Å²) >= 11 is 0. The molecule has 6 heteroatoms.